The number of hydrogen-bond acceptors (Lipinski definition) is 6. The first-order valence-electron chi connectivity index (χ1n) is 8.93. The van der Waals surface area contributed by atoms with Gasteiger partial charge in [-0.3, -0.25) is 25.0 Å². The van der Waals surface area contributed by atoms with Crippen LogP contribution in [0.2, 0.25) is 0 Å². The molecule has 166 valence electrons. The highest BCUT2D eigenvalue weighted by Crippen LogP contribution is 2.24. The minimum absolute atomic E-state index is 0.0575. The first-order chi connectivity index (χ1) is 15.0. The Kier molecular flexibility index (Phi) is 6.18. The minimum Gasteiger partial charge on any atom is -0.325 e. The summed E-state index contributed by atoms with van der Waals surface area (Å²) in [6.07, 6.45) is -2.52. The van der Waals surface area contributed by atoms with Gasteiger partial charge < -0.3 is 4.90 Å². The van der Waals surface area contributed by atoms with Gasteiger partial charge in [0.1, 0.15) is 6.54 Å². The van der Waals surface area contributed by atoms with Gasteiger partial charge >= 0.3 is 6.18 Å². The van der Waals surface area contributed by atoms with Crippen LogP contribution in [0.5, 0.6) is 0 Å². The van der Waals surface area contributed by atoms with Crippen LogP contribution in [0.15, 0.2) is 60.9 Å². The number of amides is 1. The second-order valence-corrected chi connectivity index (χ2v) is 6.61. The molecule has 32 heavy (non-hydrogen) atoms. The topological polar surface area (TPSA) is 124 Å². The molecular formula is C19H14F3N5O5. The van der Waals surface area contributed by atoms with Crippen molar-refractivity contribution in [2.24, 2.45) is 0 Å². The highest BCUT2D eigenvalue weighted by Gasteiger charge is 2.34. The van der Waals surface area contributed by atoms with Gasteiger partial charge in [-0.15, -0.1) is 0 Å². The van der Waals surface area contributed by atoms with Crippen molar-refractivity contribution < 1.29 is 27.8 Å². The molecule has 0 saturated carbocycles. The fourth-order valence-corrected chi connectivity index (χ4v) is 2.93. The highest BCUT2D eigenvalue weighted by molar-refractivity contribution is 5.94. The van der Waals surface area contributed by atoms with Gasteiger partial charge in [-0.25, -0.2) is 4.68 Å². The number of carbonyl (C=O) groups excluding carboxylic acids is 1. The molecule has 0 N–H and O–H groups in total. The summed E-state index contributed by atoms with van der Waals surface area (Å²) in [5, 5.41) is 25.8. The summed E-state index contributed by atoms with van der Waals surface area (Å²) in [5.41, 5.74) is -0.480. The molecule has 10 nitrogen and oxygen atoms in total. The molecule has 1 heterocycles. The zero-order valence-electron chi connectivity index (χ0n) is 16.1. The van der Waals surface area contributed by atoms with E-state index in [-0.39, 0.29) is 16.8 Å². The molecule has 0 aliphatic rings. The van der Waals surface area contributed by atoms with Crippen LogP contribution < -0.4 is 0 Å². The van der Waals surface area contributed by atoms with E-state index in [1.54, 1.807) is 0 Å². The molecule has 3 rings (SSSR count). The maximum atomic E-state index is 13.1. The number of alkyl halides is 3. The molecule has 0 fully saturated rings. The Bertz CT molecular complexity index is 1160. The van der Waals surface area contributed by atoms with Crippen molar-refractivity contribution in [2.75, 3.05) is 6.54 Å². The minimum atomic E-state index is -4.74. The summed E-state index contributed by atoms with van der Waals surface area (Å²) in [6.45, 7) is -2.27. The van der Waals surface area contributed by atoms with Crippen LogP contribution in [0.25, 0.3) is 5.69 Å². The van der Waals surface area contributed by atoms with Gasteiger partial charge in [0.2, 0.25) is 0 Å². The second kappa shape index (κ2) is 8.83. The largest absolute Gasteiger partial charge is 0.406 e. The Morgan fingerprint density at radius 1 is 1.03 bits per heavy atom. The van der Waals surface area contributed by atoms with Crippen LogP contribution in [0.3, 0.4) is 0 Å². The van der Waals surface area contributed by atoms with Gasteiger partial charge in [-0.1, -0.05) is 18.2 Å². The third-order valence-electron chi connectivity index (χ3n) is 4.36. The first kappa shape index (κ1) is 22.4. The molecule has 0 aliphatic carbocycles. The van der Waals surface area contributed by atoms with Crippen LogP contribution in [-0.4, -0.2) is 43.2 Å². The number of carbonyl (C=O) groups is 1. The van der Waals surface area contributed by atoms with Gasteiger partial charge in [-0.05, 0) is 12.1 Å². The number of nitrogens with zero attached hydrogens (tertiary/aromatic N) is 5. The Morgan fingerprint density at radius 3 is 2.28 bits per heavy atom. The summed E-state index contributed by atoms with van der Waals surface area (Å²) >= 11 is 0. The normalized spacial score (nSPS) is 11.2. The maximum absolute atomic E-state index is 13.1. The van der Waals surface area contributed by atoms with E-state index >= 15 is 0 Å². The van der Waals surface area contributed by atoms with E-state index in [4.69, 9.17) is 0 Å². The second-order valence-electron chi connectivity index (χ2n) is 6.61. The number of rotatable bonds is 7. The van der Waals surface area contributed by atoms with E-state index in [9.17, 15) is 38.2 Å². The van der Waals surface area contributed by atoms with Crippen molar-refractivity contribution in [1.29, 1.82) is 0 Å². The van der Waals surface area contributed by atoms with Crippen molar-refractivity contribution >= 4 is 17.3 Å². The smallest absolute Gasteiger partial charge is 0.325 e. The molecule has 0 bridgehead atoms. The number of para-hydroxylation sites is 1. The number of hydrogen-bond donors (Lipinski definition) is 0. The Morgan fingerprint density at radius 2 is 1.69 bits per heavy atom. The van der Waals surface area contributed by atoms with Crippen molar-refractivity contribution in [2.45, 2.75) is 12.7 Å². The third kappa shape index (κ3) is 5.24. The summed E-state index contributed by atoms with van der Waals surface area (Å²) < 4.78 is 40.5. The monoisotopic (exact) mass is 449 g/mol. The zero-order chi connectivity index (χ0) is 23.5. The molecule has 3 aromatic rings. The molecule has 0 aliphatic heterocycles. The van der Waals surface area contributed by atoms with Crippen LogP contribution in [-0.2, 0) is 6.54 Å². The average Bonchev–Trinajstić information content (AvgIpc) is 3.22. The number of benzene rings is 2. The highest BCUT2D eigenvalue weighted by atomic mass is 19.4. The fourth-order valence-electron chi connectivity index (χ4n) is 2.93. The Labute approximate surface area is 177 Å². The number of non-ortho nitro benzene ring substituents is 1. The van der Waals surface area contributed by atoms with E-state index in [2.05, 4.69) is 5.10 Å². The molecule has 0 unspecified atom stereocenters. The molecule has 0 saturated heterocycles. The van der Waals surface area contributed by atoms with E-state index in [1.165, 1.54) is 53.3 Å². The molecule has 2 aromatic carbocycles. The summed E-state index contributed by atoms with van der Waals surface area (Å²) in [4.78, 5) is 33.8. The van der Waals surface area contributed by atoms with Crippen LogP contribution >= 0.6 is 0 Å². The van der Waals surface area contributed by atoms with Gasteiger partial charge in [-0.2, -0.15) is 18.3 Å². The number of halogens is 3. The number of nitro benzene ring substituents is 2. The van der Waals surface area contributed by atoms with Crippen LogP contribution in [0.4, 0.5) is 24.5 Å². The molecular weight excluding hydrogens is 435 g/mol. The standard InChI is InChI=1S/C19H14F3N5O5/c20-19(21,22)12-24(10-13-3-1-2-4-17(13)27(31)32)18(28)14-9-23-25(11-14)15-5-7-16(8-6-15)26(29)30/h1-9,11H,10,12H2. The van der Waals surface area contributed by atoms with Crippen molar-refractivity contribution in [3.8, 4) is 5.69 Å². The van der Waals surface area contributed by atoms with Gasteiger partial charge in [0.05, 0.1) is 33.8 Å². The van der Waals surface area contributed by atoms with Gasteiger partial charge in [0, 0.05) is 30.0 Å². The van der Waals surface area contributed by atoms with E-state index in [0.29, 0.717) is 10.6 Å². The lowest BCUT2D eigenvalue weighted by atomic mass is 10.1. The summed E-state index contributed by atoms with van der Waals surface area (Å²) in [7, 11) is 0. The summed E-state index contributed by atoms with van der Waals surface area (Å²) in [6, 6.07) is 10.3. The predicted molar refractivity (Wildman–Crippen MR) is 104 cm³/mol. The quantitative estimate of drug-likeness (QED) is 0.398. The van der Waals surface area contributed by atoms with E-state index in [1.807, 2.05) is 0 Å². The van der Waals surface area contributed by atoms with E-state index in [0.717, 1.165) is 12.3 Å². The molecule has 1 amide bonds. The van der Waals surface area contributed by atoms with Crippen molar-refractivity contribution in [3.05, 3.63) is 92.3 Å². The average molecular weight is 449 g/mol. The van der Waals surface area contributed by atoms with Gasteiger partial charge in [0.25, 0.3) is 17.3 Å². The number of aromatic nitrogens is 2. The van der Waals surface area contributed by atoms with E-state index < -0.39 is 40.7 Å². The maximum Gasteiger partial charge on any atom is 0.406 e. The lowest BCUT2D eigenvalue weighted by Gasteiger charge is -2.23. The number of nitro groups is 2. The fraction of sp³-hybridized carbons (Fsp3) is 0.158. The van der Waals surface area contributed by atoms with Gasteiger partial charge in [0.15, 0.2) is 0 Å². The first-order valence-corrected chi connectivity index (χ1v) is 8.93. The predicted octanol–water partition coefficient (Wildman–Crippen LogP) is 3.89. The molecule has 13 heteroatoms. The lowest BCUT2D eigenvalue weighted by Crippen LogP contribution is -2.38. The third-order valence-corrected chi connectivity index (χ3v) is 4.36. The Hall–Kier alpha value is -4.29. The van der Waals surface area contributed by atoms with Crippen molar-refractivity contribution in [3.63, 3.8) is 0 Å². The molecule has 0 atom stereocenters. The summed E-state index contributed by atoms with van der Waals surface area (Å²) in [5.74, 6) is -1.03. The molecule has 0 radical (unpaired) electrons. The zero-order valence-corrected chi connectivity index (χ0v) is 16.1. The Balaban J connectivity index is 1.89. The lowest BCUT2D eigenvalue weighted by molar-refractivity contribution is -0.385. The SMILES string of the molecule is O=C(c1cnn(-c2ccc([N+](=O)[O-])cc2)c1)N(Cc1ccccc1[N+](=O)[O-])CC(F)(F)F. The van der Waals surface area contributed by atoms with Crippen LogP contribution in [0, 0.1) is 20.2 Å². The van der Waals surface area contributed by atoms with Crippen molar-refractivity contribution in [1.82, 2.24) is 14.7 Å². The van der Waals surface area contributed by atoms with Crippen LogP contribution in [0.1, 0.15) is 15.9 Å². The molecule has 0 spiro atoms. The molecule has 1 aromatic heterocycles.